The molecule has 1 aliphatic carbocycles. The van der Waals surface area contributed by atoms with E-state index in [4.69, 9.17) is 21.4 Å². The van der Waals surface area contributed by atoms with Crippen LogP contribution in [0.1, 0.15) is 6.42 Å². The number of carboxylic acid groups (broad SMARTS) is 1. The fraction of sp³-hybridized carbons (Fsp3) is 0.333. The third kappa shape index (κ3) is 2.56. The lowest BCUT2D eigenvalue weighted by Gasteiger charge is -2.10. The highest BCUT2D eigenvalue weighted by Gasteiger charge is 2.48. The second kappa shape index (κ2) is 4.86. The number of ether oxygens (including phenoxy) is 1. The Morgan fingerprint density at radius 3 is 2.72 bits per heavy atom. The lowest BCUT2D eigenvalue weighted by Crippen LogP contribution is -2.17. The summed E-state index contributed by atoms with van der Waals surface area (Å²) >= 11 is 5.83. The van der Waals surface area contributed by atoms with Crippen molar-refractivity contribution in [1.29, 1.82) is 0 Å². The minimum atomic E-state index is -0.937. The zero-order chi connectivity index (χ0) is 13.3. The smallest absolute Gasteiger partial charge is 0.307 e. The Morgan fingerprint density at radius 1 is 1.44 bits per heavy atom. The number of amides is 1. The molecule has 2 atom stereocenters. The van der Waals surface area contributed by atoms with E-state index in [0.717, 1.165) is 0 Å². The zero-order valence-electron chi connectivity index (χ0n) is 9.64. The molecule has 0 aromatic heterocycles. The van der Waals surface area contributed by atoms with Gasteiger partial charge in [0, 0.05) is 5.02 Å². The maximum absolute atomic E-state index is 11.8. The van der Waals surface area contributed by atoms with Gasteiger partial charge in [-0.2, -0.15) is 0 Å². The van der Waals surface area contributed by atoms with Gasteiger partial charge in [0.2, 0.25) is 5.91 Å². The predicted molar refractivity (Wildman–Crippen MR) is 65.9 cm³/mol. The van der Waals surface area contributed by atoms with Crippen molar-refractivity contribution in [2.45, 2.75) is 6.42 Å². The Labute approximate surface area is 109 Å². The molecule has 2 rings (SSSR count). The fourth-order valence-electron chi connectivity index (χ4n) is 1.76. The van der Waals surface area contributed by atoms with Crippen molar-refractivity contribution in [3.05, 3.63) is 23.2 Å². The summed E-state index contributed by atoms with van der Waals surface area (Å²) < 4.78 is 5.09. The van der Waals surface area contributed by atoms with Crippen molar-refractivity contribution in [3.8, 4) is 5.75 Å². The summed E-state index contributed by atoms with van der Waals surface area (Å²) in [5, 5.41) is 11.9. The first-order valence-electron chi connectivity index (χ1n) is 5.40. The Morgan fingerprint density at radius 2 is 2.17 bits per heavy atom. The van der Waals surface area contributed by atoms with Crippen molar-refractivity contribution in [2.75, 3.05) is 12.4 Å². The van der Waals surface area contributed by atoms with E-state index in [1.165, 1.54) is 7.11 Å². The summed E-state index contributed by atoms with van der Waals surface area (Å²) in [5.41, 5.74) is 0.450. The molecule has 18 heavy (non-hydrogen) atoms. The first kappa shape index (κ1) is 12.7. The molecule has 0 aliphatic heterocycles. The molecule has 1 saturated carbocycles. The van der Waals surface area contributed by atoms with Crippen LogP contribution in [-0.4, -0.2) is 24.1 Å². The largest absolute Gasteiger partial charge is 0.495 e. The van der Waals surface area contributed by atoms with Crippen LogP contribution in [0.15, 0.2) is 18.2 Å². The van der Waals surface area contributed by atoms with E-state index in [-0.39, 0.29) is 5.91 Å². The van der Waals surface area contributed by atoms with Gasteiger partial charge in [0.25, 0.3) is 0 Å². The molecule has 1 fully saturated rings. The fourth-order valence-corrected chi connectivity index (χ4v) is 1.93. The molecule has 1 aliphatic rings. The highest BCUT2D eigenvalue weighted by molar-refractivity contribution is 6.31. The van der Waals surface area contributed by atoms with Gasteiger partial charge in [-0.25, -0.2) is 0 Å². The summed E-state index contributed by atoms with van der Waals surface area (Å²) in [6, 6.07) is 4.85. The lowest BCUT2D eigenvalue weighted by molar-refractivity contribution is -0.139. The quantitative estimate of drug-likeness (QED) is 0.877. The van der Waals surface area contributed by atoms with E-state index in [9.17, 15) is 9.59 Å². The van der Waals surface area contributed by atoms with Crippen LogP contribution in [0.5, 0.6) is 5.75 Å². The van der Waals surface area contributed by atoms with Crippen molar-refractivity contribution < 1.29 is 19.4 Å². The molecule has 0 saturated heterocycles. The summed E-state index contributed by atoms with van der Waals surface area (Å²) in [7, 11) is 1.48. The molecule has 0 heterocycles. The third-order valence-electron chi connectivity index (χ3n) is 2.86. The van der Waals surface area contributed by atoms with Gasteiger partial charge < -0.3 is 15.2 Å². The number of halogens is 1. The maximum atomic E-state index is 11.8. The lowest BCUT2D eigenvalue weighted by atomic mass is 10.2. The van der Waals surface area contributed by atoms with E-state index in [1.807, 2.05) is 0 Å². The van der Waals surface area contributed by atoms with Crippen molar-refractivity contribution >= 4 is 29.2 Å². The van der Waals surface area contributed by atoms with Gasteiger partial charge >= 0.3 is 5.97 Å². The predicted octanol–water partition coefficient (Wildman–Crippen LogP) is 2.01. The average molecular weight is 270 g/mol. The molecule has 1 amide bonds. The number of anilines is 1. The Hall–Kier alpha value is -1.75. The van der Waals surface area contributed by atoms with Crippen LogP contribution < -0.4 is 10.1 Å². The van der Waals surface area contributed by atoms with Gasteiger partial charge in [0.1, 0.15) is 5.75 Å². The van der Waals surface area contributed by atoms with E-state index in [0.29, 0.717) is 22.9 Å². The molecule has 5 nitrogen and oxygen atoms in total. The van der Waals surface area contributed by atoms with Crippen LogP contribution in [0.25, 0.3) is 0 Å². The monoisotopic (exact) mass is 269 g/mol. The number of carbonyl (C=O) groups excluding carboxylic acids is 1. The maximum Gasteiger partial charge on any atom is 0.307 e. The number of carboxylic acids is 1. The second-order valence-electron chi connectivity index (χ2n) is 4.12. The molecule has 2 N–H and O–H groups in total. The van der Waals surface area contributed by atoms with Gasteiger partial charge in [0.05, 0.1) is 24.6 Å². The van der Waals surface area contributed by atoms with Crippen LogP contribution in [0.4, 0.5) is 5.69 Å². The highest BCUT2D eigenvalue weighted by Crippen LogP contribution is 2.40. The van der Waals surface area contributed by atoms with E-state index in [2.05, 4.69) is 5.32 Å². The molecule has 0 spiro atoms. The first-order valence-corrected chi connectivity index (χ1v) is 5.78. The average Bonchev–Trinajstić information content (AvgIpc) is 3.09. The van der Waals surface area contributed by atoms with Gasteiger partial charge in [-0.05, 0) is 24.6 Å². The van der Waals surface area contributed by atoms with E-state index >= 15 is 0 Å². The topological polar surface area (TPSA) is 75.6 Å². The zero-order valence-corrected chi connectivity index (χ0v) is 10.4. The number of benzene rings is 1. The van der Waals surface area contributed by atoms with Gasteiger partial charge in [-0.1, -0.05) is 11.6 Å². The minimum absolute atomic E-state index is 0.317. The molecular formula is C12H12ClNO4. The van der Waals surface area contributed by atoms with Gasteiger partial charge in [-0.3, -0.25) is 9.59 Å². The molecular weight excluding hydrogens is 258 g/mol. The number of methoxy groups -OCH3 is 1. The molecule has 6 heteroatoms. The van der Waals surface area contributed by atoms with Gasteiger partial charge in [0.15, 0.2) is 0 Å². The summed E-state index contributed by atoms with van der Waals surface area (Å²) in [6.45, 7) is 0. The molecule has 2 unspecified atom stereocenters. The van der Waals surface area contributed by atoms with Crippen LogP contribution in [0.2, 0.25) is 5.02 Å². The minimum Gasteiger partial charge on any atom is -0.495 e. The van der Waals surface area contributed by atoms with Gasteiger partial charge in [-0.15, -0.1) is 0 Å². The van der Waals surface area contributed by atoms with Crippen molar-refractivity contribution in [2.24, 2.45) is 11.8 Å². The van der Waals surface area contributed by atoms with E-state index < -0.39 is 17.8 Å². The first-order chi connectivity index (χ1) is 8.52. The molecule has 1 aromatic carbocycles. The third-order valence-corrected chi connectivity index (χ3v) is 3.10. The summed E-state index contributed by atoms with van der Waals surface area (Å²) in [5.74, 6) is -1.81. The number of aliphatic carboxylic acids is 1. The normalized spacial score (nSPS) is 21.2. The Balaban J connectivity index is 2.08. The van der Waals surface area contributed by atoms with Crippen LogP contribution in [0, 0.1) is 11.8 Å². The summed E-state index contributed by atoms with van der Waals surface area (Å²) in [6.07, 6.45) is 0.379. The van der Waals surface area contributed by atoms with Crippen LogP contribution in [-0.2, 0) is 9.59 Å². The standard InChI is InChI=1S/C12H12ClNO4/c1-18-10-3-2-6(13)4-9(10)14-11(15)7-5-8(7)12(16)17/h2-4,7-8H,5H2,1H3,(H,14,15)(H,16,17). The summed E-state index contributed by atoms with van der Waals surface area (Å²) in [4.78, 5) is 22.5. The second-order valence-corrected chi connectivity index (χ2v) is 4.56. The Bertz CT molecular complexity index is 503. The molecule has 1 aromatic rings. The SMILES string of the molecule is COc1ccc(Cl)cc1NC(=O)C1CC1C(=O)O. The van der Waals surface area contributed by atoms with Crippen LogP contribution >= 0.6 is 11.6 Å². The van der Waals surface area contributed by atoms with Crippen molar-refractivity contribution in [1.82, 2.24) is 0 Å². The Kier molecular flexibility index (Phi) is 3.43. The number of hydrogen-bond donors (Lipinski definition) is 2. The van der Waals surface area contributed by atoms with Crippen molar-refractivity contribution in [3.63, 3.8) is 0 Å². The number of carbonyl (C=O) groups is 2. The number of nitrogens with one attached hydrogen (secondary N) is 1. The molecule has 0 radical (unpaired) electrons. The number of rotatable bonds is 4. The highest BCUT2D eigenvalue weighted by atomic mass is 35.5. The molecule has 96 valence electrons. The number of hydrogen-bond acceptors (Lipinski definition) is 3. The van der Waals surface area contributed by atoms with Crippen LogP contribution in [0.3, 0.4) is 0 Å². The van der Waals surface area contributed by atoms with E-state index in [1.54, 1.807) is 18.2 Å². The molecule has 0 bridgehead atoms.